The minimum atomic E-state index is -0.166. The highest BCUT2D eigenvalue weighted by Crippen LogP contribution is 2.26. The average Bonchev–Trinajstić information content (AvgIpc) is 2.44. The molecule has 0 spiro atoms. The number of para-hydroxylation sites is 1. The zero-order valence-electron chi connectivity index (χ0n) is 10.6. The predicted octanol–water partition coefficient (Wildman–Crippen LogP) is 1.12. The number of ether oxygens (including phenoxy) is 1. The van der Waals surface area contributed by atoms with Crippen LogP contribution in [-0.2, 0) is 11.2 Å². The number of nitrogens with one attached hydrogen (secondary N) is 1. The van der Waals surface area contributed by atoms with Crippen molar-refractivity contribution in [1.29, 1.82) is 0 Å². The minimum Gasteiger partial charge on any atom is -0.492 e. The van der Waals surface area contributed by atoms with Crippen LogP contribution in [0.4, 0.5) is 0 Å². The lowest BCUT2D eigenvalue weighted by Crippen LogP contribution is -2.43. The maximum Gasteiger partial charge on any atom is 0.227 e. The Morgan fingerprint density at radius 2 is 2.33 bits per heavy atom. The second-order valence-electron chi connectivity index (χ2n) is 4.62. The molecule has 4 nitrogen and oxygen atoms in total. The molecule has 1 aromatic rings. The van der Waals surface area contributed by atoms with E-state index < -0.39 is 0 Å². The van der Waals surface area contributed by atoms with Crippen molar-refractivity contribution in [3.63, 3.8) is 0 Å². The maximum atomic E-state index is 12.0. The van der Waals surface area contributed by atoms with Crippen molar-refractivity contribution in [2.75, 3.05) is 13.2 Å². The molecule has 1 amide bonds. The van der Waals surface area contributed by atoms with Crippen LogP contribution in [0.25, 0.3) is 0 Å². The van der Waals surface area contributed by atoms with Gasteiger partial charge in [-0.15, -0.1) is 0 Å². The summed E-state index contributed by atoms with van der Waals surface area (Å²) in [5.74, 6) is 0.668. The third kappa shape index (κ3) is 2.82. The summed E-state index contributed by atoms with van der Waals surface area (Å²) in [7, 11) is 0. The lowest BCUT2D eigenvalue weighted by Gasteiger charge is -2.26. The molecule has 0 aliphatic carbocycles. The Kier molecular flexibility index (Phi) is 4.20. The molecule has 0 saturated carbocycles. The van der Waals surface area contributed by atoms with Gasteiger partial charge in [0.2, 0.25) is 5.91 Å². The smallest absolute Gasteiger partial charge is 0.227 e. The molecule has 4 heteroatoms. The number of carbonyl (C=O) groups excluding carboxylic acids is 1. The van der Waals surface area contributed by atoms with Crippen LogP contribution in [0.3, 0.4) is 0 Å². The lowest BCUT2D eigenvalue weighted by atomic mass is 9.95. The van der Waals surface area contributed by atoms with Crippen LogP contribution in [-0.4, -0.2) is 30.3 Å². The summed E-state index contributed by atoms with van der Waals surface area (Å²) in [4.78, 5) is 12.0. The molecule has 0 radical (unpaired) electrons. The highest BCUT2D eigenvalue weighted by Gasteiger charge is 2.26. The highest BCUT2D eigenvalue weighted by atomic mass is 16.5. The summed E-state index contributed by atoms with van der Waals surface area (Å²) in [6.45, 7) is 2.32. The van der Waals surface area contributed by atoms with Gasteiger partial charge in [-0.3, -0.25) is 4.79 Å². The summed E-state index contributed by atoms with van der Waals surface area (Å²) < 4.78 is 5.58. The van der Waals surface area contributed by atoms with Crippen LogP contribution >= 0.6 is 0 Å². The third-order valence-electron chi connectivity index (χ3n) is 3.31. The van der Waals surface area contributed by atoms with Gasteiger partial charge >= 0.3 is 0 Å². The molecule has 0 saturated heterocycles. The first-order chi connectivity index (χ1) is 8.74. The number of carbonyl (C=O) groups is 1. The molecule has 1 unspecified atom stereocenters. The summed E-state index contributed by atoms with van der Waals surface area (Å²) in [6.07, 6.45) is 1.43. The molecule has 18 heavy (non-hydrogen) atoms. The normalized spacial score (nSPS) is 19.6. The van der Waals surface area contributed by atoms with Crippen LogP contribution in [0.15, 0.2) is 24.3 Å². The van der Waals surface area contributed by atoms with E-state index in [1.54, 1.807) is 0 Å². The van der Waals surface area contributed by atoms with Gasteiger partial charge in [0.25, 0.3) is 0 Å². The number of aliphatic hydroxyl groups is 1. The van der Waals surface area contributed by atoms with Crippen molar-refractivity contribution >= 4 is 5.91 Å². The van der Waals surface area contributed by atoms with Crippen molar-refractivity contribution in [3.8, 4) is 5.75 Å². The Morgan fingerprint density at radius 3 is 3.06 bits per heavy atom. The molecular weight excluding hydrogens is 230 g/mol. The van der Waals surface area contributed by atoms with E-state index in [-0.39, 0.29) is 24.5 Å². The zero-order valence-corrected chi connectivity index (χ0v) is 10.6. The zero-order chi connectivity index (χ0) is 13.0. The Morgan fingerprint density at radius 1 is 1.56 bits per heavy atom. The predicted molar refractivity (Wildman–Crippen MR) is 68.4 cm³/mol. The van der Waals surface area contributed by atoms with Crippen LogP contribution in [0.1, 0.15) is 18.9 Å². The average molecular weight is 249 g/mol. The summed E-state index contributed by atoms with van der Waals surface area (Å²) in [5, 5.41) is 11.9. The molecule has 0 aromatic heterocycles. The van der Waals surface area contributed by atoms with Gasteiger partial charge in [0.15, 0.2) is 0 Å². The second kappa shape index (κ2) is 5.87. The van der Waals surface area contributed by atoms with E-state index in [1.807, 2.05) is 31.2 Å². The maximum absolute atomic E-state index is 12.0. The Balaban J connectivity index is 1.98. The summed E-state index contributed by atoms with van der Waals surface area (Å²) in [5.41, 5.74) is 1.07. The van der Waals surface area contributed by atoms with E-state index in [0.29, 0.717) is 13.0 Å². The monoisotopic (exact) mass is 249 g/mol. The van der Waals surface area contributed by atoms with Crippen molar-refractivity contribution in [1.82, 2.24) is 5.32 Å². The molecule has 1 aliphatic heterocycles. The van der Waals surface area contributed by atoms with E-state index in [9.17, 15) is 4.79 Å². The number of fused-ring (bicyclic) bond motifs is 1. The Labute approximate surface area is 107 Å². The van der Waals surface area contributed by atoms with Gasteiger partial charge in [0.05, 0.1) is 18.6 Å². The number of aliphatic hydroxyl groups excluding tert-OH is 1. The first kappa shape index (κ1) is 12.9. The van der Waals surface area contributed by atoms with Crippen molar-refractivity contribution in [2.24, 2.45) is 5.92 Å². The SMILES string of the molecule is CC[C@H](CO)NC(=O)C1COc2ccccc2C1. The van der Waals surface area contributed by atoms with Crippen LogP contribution in [0, 0.1) is 5.92 Å². The second-order valence-corrected chi connectivity index (χ2v) is 4.62. The van der Waals surface area contributed by atoms with E-state index in [4.69, 9.17) is 9.84 Å². The third-order valence-corrected chi connectivity index (χ3v) is 3.31. The molecule has 0 bridgehead atoms. The number of rotatable bonds is 4. The number of hydrogen-bond acceptors (Lipinski definition) is 3. The molecular formula is C14H19NO3. The van der Waals surface area contributed by atoms with Gasteiger partial charge in [0.1, 0.15) is 12.4 Å². The van der Waals surface area contributed by atoms with Gasteiger partial charge in [0, 0.05) is 0 Å². The fourth-order valence-corrected chi connectivity index (χ4v) is 2.09. The fraction of sp³-hybridized carbons (Fsp3) is 0.500. The summed E-state index contributed by atoms with van der Waals surface area (Å²) >= 11 is 0. The van der Waals surface area contributed by atoms with Crippen molar-refractivity contribution < 1.29 is 14.6 Å². The molecule has 1 aliphatic rings. The first-order valence-electron chi connectivity index (χ1n) is 6.36. The standard InChI is InChI=1S/C14H19NO3/c1-2-12(8-16)15-14(17)11-7-10-5-3-4-6-13(10)18-9-11/h3-6,11-12,16H,2,7-9H2,1H3,(H,15,17)/t11?,12-/m1/s1. The van der Waals surface area contributed by atoms with Gasteiger partial charge in [-0.2, -0.15) is 0 Å². The van der Waals surface area contributed by atoms with Crippen molar-refractivity contribution in [3.05, 3.63) is 29.8 Å². The van der Waals surface area contributed by atoms with Gasteiger partial charge < -0.3 is 15.2 Å². The highest BCUT2D eigenvalue weighted by molar-refractivity contribution is 5.79. The molecule has 98 valence electrons. The molecule has 2 rings (SSSR count). The van der Waals surface area contributed by atoms with E-state index >= 15 is 0 Å². The van der Waals surface area contributed by atoms with E-state index in [0.717, 1.165) is 17.7 Å². The number of hydrogen-bond donors (Lipinski definition) is 2. The fourth-order valence-electron chi connectivity index (χ4n) is 2.09. The first-order valence-corrected chi connectivity index (χ1v) is 6.36. The van der Waals surface area contributed by atoms with E-state index in [2.05, 4.69) is 5.32 Å². The summed E-state index contributed by atoms with van der Waals surface area (Å²) in [6, 6.07) is 7.63. The topological polar surface area (TPSA) is 58.6 Å². The van der Waals surface area contributed by atoms with E-state index in [1.165, 1.54) is 0 Å². The molecule has 2 atom stereocenters. The number of benzene rings is 1. The van der Waals surface area contributed by atoms with Crippen LogP contribution in [0.2, 0.25) is 0 Å². The van der Waals surface area contributed by atoms with Crippen LogP contribution in [0.5, 0.6) is 5.75 Å². The Hall–Kier alpha value is -1.55. The minimum absolute atomic E-state index is 0.0214. The van der Waals surface area contributed by atoms with Crippen LogP contribution < -0.4 is 10.1 Å². The molecule has 1 aromatic carbocycles. The van der Waals surface area contributed by atoms with Gasteiger partial charge in [-0.25, -0.2) is 0 Å². The molecule has 0 fully saturated rings. The molecule has 1 heterocycles. The number of amides is 1. The van der Waals surface area contributed by atoms with Gasteiger partial charge in [-0.05, 0) is 24.5 Å². The Bertz CT molecular complexity index is 415. The largest absolute Gasteiger partial charge is 0.492 e. The van der Waals surface area contributed by atoms with Gasteiger partial charge in [-0.1, -0.05) is 25.1 Å². The lowest BCUT2D eigenvalue weighted by molar-refractivity contribution is -0.127. The quantitative estimate of drug-likeness (QED) is 0.841. The van der Waals surface area contributed by atoms with Crippen molar-refractivity contribution in [2.45, 2.75) is 25.8 Å². The molecule has 2 N–H and O–H groups in total.